The maximum atomic E-state index is 12.0. The van der Waals surface area contributed by atoms with Gasteiger partial charge in [0.1, 0.15) is 0 Å². The van der Waals surface area contributed by atoms with Crippen molar-refractivity contribution in [3.05, 3.63) is 83.6 Å². The van der Waals surface area contributed by atoms with Crippen molar-refractivity contribution in [3.63, 3.8) is 0 Å². The topological polar surface area (TPSA) is 68.3 Å². The molecule has 2 rings (SSSR count). The van der Waals surface area contributed by atoms with Crippen molar-refractivity contribution in [3.8, 4) is 0 Å². The van der Waals surface area contributed by atoms with Crippen molar-refractivity contribution in [1.29, 1.82) is 0 Å². The standard InChI is InChI=1S/C16H14O4S2/c17-21(18,15-9-3-1-4-10-15)13-7-8-14-22(19,20)16-11-5-2-6-12-16/h1-14H/b13-7+,14-8+. The Bertz CT molecular complexity index is 802. The number of sulfone groups is 2. The van der Waals surface area contributed by atoms with E-state index >= 15 is 0 Å². The first-order valence-corrected chi connectivity index (χ1v) is 9.46. The Morgan fingerprint density at radius 2 is 0.864 bits per heavy atom. The molecular weight excluding hydrogens is 320 g/mol. The van der Waals surface area contributed by atoms with Crippen molar-refractivity contribution in [2.75, 3.05) is 0 Å². The Morgan fingerprint density at radius 1 is 0.545 bits per heavy atom. The minimum Gasteiger partial charge on any atom is -0.219 e. The van der Waals surface area contributed by atoms with Crippen LogP contribution in [0.15, 0.2) is 93.4 Å². The summed E-state index contributed by atoms with van der Waals surface area (Å²) in [6.07, 6.45) is 2.39. The van der Waals surface area contributed by atoms with Gasteiger partial charge in [0.15, 0.2) is 19.7 Å². The molecule has 0 fully saturated rings. The second kappa shape index (κ2) is 6.72. The van der Waals surface area contributed by atoms with Crippen LogP contribution in [0.25, 0.3) is 0 Å². The predicted octanol–water partition coefficient (Wildman–Crippen LogP) is 2.96. The zero-order valence-corrected chi connectivity index (χ0v) is 13.2. The van der Waals surface area contributed by atoms with Crippen molar-refractivity contribution >= 4 is 19.7 Å². The summed E-state index contributed by atoms with van der Waals surface area (Å²) in [5.74, 6) is 0. The summed E-state index contributed by atoms with van der Waals surface area (Å²) in [5, 5.41) is 1.94. The first-order valence-electron chi connectivity index (χ1n) is 6.37. The molecule has 0 radical (unpaired) electrons. The summed E-state index contributed by atoms with van der Waals surface area (Å²) < 4.78 is 47.8. The van der Waals surface area contributed by atoms with E-state index in [0.717, 1.165) is 10.8 Å². The highest BCUT2D eigenvalue weighted by Crippen LogP contribution is 2.13. The van der Waals surface area contributed by atoms with Crippen LogP contribution in [0.3, 0.4) is 0 Å². The van der Waals surface area contributed by atoms with Crippen LogP contribution in [0, 0.1) is 0 Å². The average Bonchev–Trinajstić information content (AvgIpc) is 2.53. The molecule has 0 bridgehead atoms. The number of hydrogen-bond acceptors (Lipinski definition) is 4. The van der Waals surface area contributed by atoms with E-state index in [0.29, 0.717) is 0 Å². The maximum Gasteiger partial charge on any atom is 0.199 e. The van der Waals surface area contributed by atoms with Crippen LogP contribution >= 0.6 is 0 Å². The number of rotatable bonds is 5. The Hall–Kier alpha value is -2.18. The van der Waals surface area contributed by atoms with Gasteiger partial charge in [0, 0.05) is 10.8 Å². The van der Waals surface area contributed by atoms with Crippen molar-refractivity contribution in [2.45, 2.75) is 9.79 Å². The zero-order chi connectivity index (χ0) is 16.1. The van der Waals surface area contributed by atoms with Crippen molar-refractivity contribution in [2.24, 2.45) is 0 Å². The van der Waals surface area contributed by atoms with Crippen LogP contribution in [0.5, 0.6) is 0 Å². The summed E-state index contributed by atoms with van der Waals surface area (Å²) in [6, 6.07) is 15.8. The monoisotopic (exact) mass is 334 g/mol. The van der Waals surface area contributed by atoms with Gasteiger partial charge in [-0.3, -0.25) is 0 Å². The van der Waals surface area contributed by atoms with Crippen LogP contribution in [0.1, 0.15) is 0 Å². The molecule has 4 nitrogen and oxygen atoms in total. The van der Waals surface area contributed by atoms with Gasteiger partial charge in [0.05, 0.1) is 9.79 Å². The molecule has 0 spiro atoms. The van der Waals surface area contributed by atoms with Crippen molar-refractivity contribution in [1.82, 2.24) is 0 Å². The van der Waals surface area contributed by atoms with Crippen LogP contribution in [-0.4, -0.2) is 16.8 Å². The van der Waals surface area contributed by atoms with E-state index in [1.54, 1.807) is 36.4 Å². The largest absolute Gasteiger partial charge is 0.219 e. The van der Waals surface area contributed by atoms with Gasteiger partial charge in [-0.2, -0.15) is 0 Å². The SMILES string of the molecule is O=S(=O)(/C=C/C=C/S(=O)(=O)c1ccccc1)c1ccccc1. The normalized spacial score (nSPS) is 12.9. The molecule has 2 aromatic rings. The lowest BCUT2D eigenvalue weighted by molar-refractivity contribution is 0.602. The third-order valence-electron chi connectivity index (χ3n) is 2.77. The molecule has 0 atom stereocenters. The van der Waals surface area contributed by atoms with Crippen molar-refractivity contribution < 1.29 is 16.8 Å². The summed E-state index contributed by atoms with van der Waals surface area (Å²) in [5.41, 5.74) is 0. The van der Waals surface area contributed by atoms with Crippen LogP contribution < -0.4 is 0 Å². The van der Waals surface area contributed by atoms with Gasteiger partial charge in [-0.25, -0.2) is 16.8 Å². The van der Waals surface area contributed by atoms with E-state index in [-0.39, 0.29) is 9.79 Å². The van der Waals surface area contributed by atoms with Crippen LogP contribution in [0.2, 0.25) is 0 Å². The fourth-order valence-electron chi connectivity index (χ4n) is 1.68. The number of benzene rings is 2. The zero-order valence-electron chi connectivity index (χ0n) is 11.5. The molecule has 0 N–H and O–H groups in total. The second-order valence-corrected chi connectivity index (χ2v) is 8.04. The number of hydrogen-bond donors (Lipinski definition) is 0. The van der Waals surface area contributed by atoms with Gasteiger partial charge in [-0.15, -0.1) is 0 Å². The molecule has 0 aliphatic carbocycles. The minimum absolute atomic E-state index is 0.158. The molecular formula is C16H14O4S2. The lowest BCUT2D eigenvalue weighted by Crippen LogP contribution is -1.96. The smallest absolute Gasteiger partial charge is 0.199 e. The van der Waals surface area contributed by atoms with Gasteiger partial charge in [0.25, 0.3) is 0 Å². The average molecular weight is 334 g/mol. The Balaban J connectivity index is 2.16. The molecule has 114 valence electrons. The third kappa shape index (κ3) is 4.16. The highest BCUT2D eigenvalue weighted by molar-refractivity contribution is 7.94. The Kier molecular flexibility index (Phi) is 4.95. The Labute approximate surface area is 130 Å². The highest BCUT2D eigenvalue weighted by Gasteiger charge is 2.09. The van der Waals surface area contributed by atoms with E-state index < -0.39 is 19.7 Å². The molecule has 0 saturated heterocycles. The summed E-state index contributed by atoms with van der Waals surface area (Å²) >= 11 is 0. The highest BCUT2D eigenvalue weighted by atomic mass is 32.2. The number of allylic oxidation sites excluding steroid dienone is 2. The quantitative estimate of drug-likeness (QED) is 0.788. The summed E-state index contributed by atoms with van der Waals surface area (Å²) in [7, 11) is -7.14. The van der Waals surface area contributed by atoms with E-state index in [2.05, 4.69) is 0 Å². The Morgan fingerprint density at radius 3 is 1.18 bits per heavy atom. The molecule has 0 aromatic heterocycles. The lowest BCUT2D eigenvalue weighted by atomic mass is 10.4. The van der Waals surface area contributed by atoms with E-state index in [9.17, 15) is 16.8 Å². The predicted molar refractivity (Wildman–Crippen MR) is 85.5 cm³/mol. The molecule has 2 aromatic carbocycles. The molecule has 0 unspecified atom stereocenters. The van der Waals surface area contributed by atoms with Crippen LogP contribution in [0.4, 0.5) is 0 Å². The fraction of sp³-hybridized carbons (Fsp3) is 0. The molecule has 0 amide bonds. The third-order valence-corrected chi connectivity index (χ3v) is 5.66. The van der Waals surface area contributed by atoms with Gasteiger partial charge >= 0.3 is 0 Å². The fourth-order valence-corrected chi connectivity index (χ4v) is 3.66. The first kappa shape index (κ1) is 16.2. The molecule has 0 aliphatic heterocycles. The molecule has 6 heteroatoms. The molecule has 0 saturated carbocycles. The summed E-state index contributed by atoms with van der Waals surface area (Å²) in [6.45, 7) is 0. The molecule has 0 aliphatic rings. The lowest BCUT2D eigenvalue weighted by Gasteiger charge is -1.97. The summed E-state index contributed by atoms with van der Waals surface area (Å²) in [4.78, 5) is 0.316. The van der Waals surface area contributed by atoms with Crippen LogP contribution in [-0.2, 0) is 19.7 Å². The van der Waals surface area contributed by atoms with E-state index in [1.165, 1.54) is 36.4 Å². The minimum atomic E-state index is -3.57. The van der Waals surface area contributed by atoms with E-state index in [4.69, 9.17) is 0 Å². The van der Waals surface area contributed by atoms with E-state index in [1.807, 2.05) is 0 Å². The molecule has 22 heavy (non-hydrogen) atoms. The van der Waals surface area contributed by atoms with Gasteiger partial charge < -0.3 is 0 Å². The van der Waals surface area contributed by atoms with Gasteiger partial charge in [-0.05, 0) is 36.4 Å². The van der Waals surface area contributed by atoms with Gasteiger partial charge in [-0.1, -0.05) is 36.4 Å². The first-order chi connectivity index (χ1) is 10.4. The maximum absolute atomic E-state index is 12.0. The molecule has 0 heterocycles. The second-order valence-electron chi connectivity index (χ2n) is 4.37. The van der Waals surface area contributed by atoms with Gasteiger partial charge in [0.2, 0.25) is 0 Å².